The van der Waals surface area contributed by atoms with Gasteiger partial charge in [-0.05, 0) is 78.9 Å². The van der Waals surface area contributed by atoms with Crippen molar-refractivity contribution < 1.29 is 24.2 Å². The van der Waals surface area contributed by atoms with Crippen LogP contribution in [0, 0.1) is 6.92 Å². The molecule has 0 aromatic heterocycles. The molecule has 0 spiro atoms. The van der Waals surface area contributed by atoms with Crippen molar-refractivity contribution in [2.45, 2.75) is 117 Å². The Balaban J connectivity index is 3.57. The third kappa shape index (κ3) is 12.5. The highest BCUT2D eigenvalue weighted by Gasteiger charge is 2.38. The first-order valence-corrected chi connectivity index (χ1v) is 15.4. The third-order valence-electron chi connectivity index (χ3n) is 6.01. The summed E-state index contributed by atoms with van der Waals surface area (Å²) < 4.78 is 5.45. The number of benzene rings is 1. The van der Waals surface area contributed by atoms with Crippen molar-refractivity contribution >= 4 is 29.7 Å². The fraction of sp³-hybridized carbons (Fsp3) is 0.700. The number of hydrogen-bond donors (Lipinski definition) is 3. The van der Waals surface area contributed by atoms with Gasteiger partial charge in [0.1, 0.15) is 23.4 Å². The molecular weight excluding hydrogens is 514 g/mol. The van der Waals surface area contributed by atoms with Crippen molar-refractivity contribution in [1.82, 2.24) is 15.5 Å². The van der Waals surface area contributed by atoms with Crippen LogP contribution in [0.4, 0.5) is 4.79 Å². The largest absolute Gasteiger partial charge is 0.507 e. The molecule has 0 saturated carbocycles. The highest BCUT2D eigenvalue weighted by atomic mass is 32.2. The van der Waals surface area contributed by atoms with Crippen LogP contribution in [-0.4, -0.2) is 63.6 Å². The second-order valence-electron chi connectivity index (χ2n) is 12.1. The van der Waals surface area contributed by atoms with E-state index in [-0.39, 0.29) is 17.6 Å². The van der Waals surface area contributed by atoms with Crippen molar-refractivity contribution in [3.63, 3.8) is 0 Å². The van der Waals surface area contributed by atoms with Crippen molar-refractivity contribution in [3.8, 4) is 5.75 Å². The van der Waals surface area contributed by atoms with Crippen molar-refractivity contribution in [1.29, 1.82) is 0 Å². The molecular formula is C30H51N3O5S. The lowest BCUT2D eigenvalue weighted by Gasteiger charge is -2.36. The zero-order chi connectivity index (χ0) is 29.8. The molecule has 8 nitrogen and oxygen atoms in total. The van der Waals surface area contributed by atoms with Crippen LogP contribution < -0.4 is 10.6 Å². The normalized spacial score (nSPS) is 13.4. The molecule has 2 unspecified atom stereocenters. The molecule has 0 saturated heterocycles. The average molecular weight is 566 g/mol. The van der Waals surface area contributed by atoms with E-state index in [1.165, 1.54) is 4.90 Å². The molecule has 0 bridgehead atoms. The van der Waals surface area contributed by atoms with Gasteiger partial charge in [0.15, 0.2) is 0 Å². The van der Waals surface area contributed by atoms with Crippen LogP contribution in [0.5, 0.6) is 5.75 Å². The number of aryl methyl sites for hydroxylation is 1. The number of para-hydroxylation sites is 1. The molecule has 0 radical (unpaired) electrons. The standard InChI is InChI=1S/C30H51N3O5S/c1-10-11-12-13-14-19-33(27(36)23(18-20-39-9)31-28(37)38-30(6,7)8)24(26(35)32-29(3,4)5)22-17-15-16-21(2)25(22)34/h15-17,23-24,34H,10-14,18-20H2,1-9H3,(H,31,37)(H,32,35). The Hall–Kier alpha value is -2.42. The first-order chi connectivity index (χ1) is 18.1. The number of unbranched alkanes of at least 4 members (excludes halogenated alkanes) is 4. The summed E-state index contributed by atoms with van der Waals surface area (Å²) in [4.78, 5) is 42.3. The summed E-state index contributed by atoms with van der Waals surface area (Å²) in [5.41, 5.74) is -0.308. The molecule has 39 heavy (non-hydrogen) atoms. The number of thioether (sulfide) groups is 1. The predicted molar refractivity (Wildman–Crippen MR) is 160 cm³/mol. The maximum Gasteiger partial charge on any atom is 0.408 e. The molecule has 0 aliphatic heterocycles. The predicted octanol–water partition coefficient (Wildman–Crippen LogP) is 6.10. The zero-order valence-corrected chi connectivity index (χ0v) is 26.3. The second kappa shape index (κ2) is 16.0. The Morgan fingerprint density at radius 3 is 2.26 bits per heavy atom. The van der Waals surface area contributed by atoms with E-state index in [2.05, 4.69) is 17.6 Å². The summed E-state index contributed by atoms with van der Waals surface area (Å²) >= 11 is 1.57. The highest BCUT2D eigenvalue weighted by Crippen LogP contribution is 2.33. The Morgan fingerprint density at radius 1 is 1.05 bits per heavy atom. The van der Waals surface area contributed by atoms with Crippen molar-refractivity contribution in [2.24, 2.45) is 0 Å². The van der Waals surface area contributed by atoms with Gasteiger partial charge in [0.2, 0.25) is 11.8 Å². The smallest absolute Gasteiger partial charge is 0.408 e. The van der Waals surface area contributed by atoms with E-state index in [4.69, 9.17) is 4.74 Å². The van der Waals surface area contributed by atoms with E-state index < -0.39 is 29.3 Å². The van der Waals surface area contributed by atoms with Gasteiger partial charge in [0, 0.05) is 17.6 Å². The lowest BCUT2D eigenvalue weighted by molar-refractivity contribution is -0.143. The van der Waals surface area contributed by atoms with E-state index in [0.717, 1.165) is 25.7 Å². The number of hydrogen-bond acceptors (Lipinski definition) is 6. The van der Waals surface area contributed by atoms with Gasteiger partial charge < -0.3 is 25.4 Å². The molecule has 0 aliphatic rings. The minimum atomic E-state index is -1.07. The molecule has 0 aliphatic carbocycles. The summed E-state index contributed by atoms with van der Waals surface area (Å²) in [6.45, 7) is 15.1. The maximum absolute atomic E-state index is 14.2. The van der Waals surface area contributed by atoms with Gasteiger partial charge >= 0.3 is 6.09 Å². The lowest BCUT2D eigenvalue weighted by Crippen LogP contribution is -2.55. The van der Waals surface area contributed by atoms with Crippen LogP contribution in [-0.2, 0) is 14.3 Å². The fourth-order valence-electron chi connectivity index (χ4n) is 4.19. The molecule has 0 fully saturated rings. The molecule has 222 valence electrons. The second-order valence-corrected chi connectivity index (χ2v) is 13.1. The third-order valence-corrected chi connectivity index (χ3v) is 6.65. The van der Waals surface area contributed by atoms with E-state index in [1.807, 2.05) is 27.0 Å². The van der Waals surface area contributed by atoms with Gasteiger partial charge in [-0.2, -0.15) is 11.8 Å². The molecule has 9 heteroatoms. The van der Waals surface area contributed by atoms with Gasteiger partial charge in [-0.25, -0.2) is 4.79 Å². The molecule has 0 heterocycles. The minimum Gasteiger partial charge on any atom is -0.507 e. The number of alkyl carbamates (subject to hydrolysis) is 1. The molecule has 1 rings (SSSR count). The zero-order valence-electron chi connectivity index (χ0n) is 25.5. The van der Waals surface area contributed by atoms with E-state index in [9.17, 15) is 19.5 Å². The number of ether oxygens (including phenoxy) is 1. The summed E-state index contributed by atoms with van der Waals surface area (Å²) in [5.74, 6) is -0.145. The number of phenols is 1. The van der Waals surface area contributed by atoms with Gasteiger partial charge in [-0.1, -0.05) is 50.8 Å². The quantitative estimate of drug-likeness (QED) is 0.235. The summed E-state index contributed by atoms with van der Waals surface area (Å²) in [5, 5.41) is 16.8. The Labute approximate surface area is 240 Å². The Bertz CT molecular complexity index is 940. The molecule has 1 aromatic carbocycles. The van der Waals surface area contributed by atoms with Gasteiger partial charge in [-0.3, -0.25) is 9.59 Å². The van der Waals surface area contributed by atoms with Crippen LogP contribution >= 0.6 is 11.8 Å². The number of phenolic OH excluding ortho intramolecular Hbond substituents is 1. The Morgan fingerprint density at radius 2 is 1.69 bits per heavy atom. The maximum atomic E-state index is 14.2. The molecule has 1 aromatic rings. The number of carbonyl (C=O) groups excluding carboxylic acids is 3. The molecule has 2 atom stereocenters. The number of amides is 3. The molecule has 3 amide bonds. The summed E-state index contributed by atoms with van der Waals surface area (Å²) in [6, 6.07) is 3.26. The Kier molecular flexibility index (Phi) is 14.2. The van der Waals surface area contributed by atoms with Gasteiger partial charge in [-0.15, -0.1) is 0 Å². The average Bonchev–Trinajstić information content (AvgIpc) is 2.80. The van der Waals surface area contributed by atoms with Crippen LogP contribution in [0.3, 0.4) is 0 Å². The fourth-order valence-corrected chi connectivity index (χ4v) is 4.66. The van der Waals surface area contributed by atoms with Crippen molar-refractivity contribution in [2.75, 3.05) is 18.6 Å². The number of rotatable bonds is 14. The van der Waals surface area contributed by atoms with E-state index in [0.29, 0.717) is 36.3 Å². The van der Waals surface area contributed by atoms with Crippen molar-refractivity contribution in [3.05, 3.63) is 29.3 Å². The van der Waals surface area contributed by atoms with Crippen LogP contribution in [0.15, 0.2) is 18.2 Å². The number of carbonyl (C=O) groups is 3. The first kappa shape index (κ1) is 34.6. The van der Waals surface area contributed by atoms with Gasteiger partial charge in [0.25, 0.3) is 0 Å². The summed E-state index contributed by atoms with van der Waals surface area (Å²) in [6.07, 6.45) is 6.44. The monoisotopic (exact) mass is 565 g/mol. The number of nitrogens with one attached hydrogen (secondary N) is 2. The SMILES string of the molecule is CCCCCCCN(C(=O)C(CCSC)NC(=O)OC(C)(C)C)C(C(=O)NC(C)(C)C)c1cccc(C)c1O. The van der Waals surface area contributed by atoms with Gasteiger partial charge in [0.05, 0.1) is 0 Å². The number of aromatic hydroxyl groups is 1. The minimum absolute atomic E-state index is 0.0175. The van der Waals surface area contributed by atoms with Crippen LogP contribution in [0.1, 0.15) is 104 Å². The van der Waals surface area contributed by atoms with Crippen LogP contribution in [0.2, 0.25) is 0 Å². The van der Waals surface area contributed by atoms with E-state index >= 15 is 0 Å². The molecule has 3 N–H and O–H groups in total. The van der Waals surface area contributed by atoms with Crippen LogP contribution in [0.25, 0.3) is 0 Å². The summed E-state index contributed by atoms with van der Waals surface area (Å²) in [7, 11) is 0. The first-order valence-electron chi connectivity index (χ1n) is 14.0. The number of nitrogens with zero attached hydrogens (tertiary/aromatic N) is 1. The topological polar surface area (TPSA) is 108 Å². The van der Waals surface area contributed by atoms with E-state index in [1.54, 1.807) is 57.7 Å². The lowest BCUT2D eigenvalue weighted by atomic mass is 9.97. The highest BCUT2D eigenvalue weighted by molar-refractivity contribution is 7.98.